The molecule has 0 spiro atoms. The maximum atomic E-state index is 12.6. The van der Waals surface area contributed by atoms with Crippen LogP contribution in [0, 0.1) is 0 Å². The normalized spacial score (nSPS) is 14.1. The second-order valence-corrected chi connectivity index (χ2v) is 6.19. The Balaban J connectivity index is 1.64. The van der Waals surface area contributed by atoms with E-state index in [4.69, 9.17) is 21.1 Å². The Morgan fingerprint density at radius 3 is 2.46 bits per heavy atom. The lowest BCUT2D eigenvalue weighted by molar-refractivity contribution is 0.208. The molecule has 0 aliphatic carbocycles. The van der Waals surface area contributed by atoms with Gasteiger partial charge in [-0.15, -0.1) is 0 Å². The number of hydrogen-bond acceptors (Lipinski definition) is 5. The Labute approximate surface area is 157 Å². The van der Waals surface area contributed by atoms with Crippen LogP contribution in [0.15, 0.2) is 36.5 Å². The minimum absolute atomic E-state index is 0.187. The number of rotatable bonds is 4. The first-order valence-electron chi connectivity index (χ1n) is 8.26. The highest BCUT2D eigenvalue weighted by Gasteiger charge is 2.23. The third-order valence-electron chi connectivity index (χ3n) is 4.26. The fraction of sp³-hybridized carbons (Fsp3) is 0.333. The quantitative estimate of drug-likeness (QED) is 0.888. The summed E-state index contributed by atoms with van der Waals surface area (Å²) in [7, 11) is 3.05. The van der Waals surface area contributed by atoms with Crippen LogP contribution in [-0.4, -0.2) is 56.3 Å². The zero-order valence-corrected chi connectivity index (χ0v) is 15.5. The van der Waals surface area contributed by atoms with Crippen LogP contribution in [0.3, 0.4) is 0 Å². The minimum atomic E-state index is -0.187. The number of urea groups is 1. The van der Waals surface area contributed by atoms with Crippen molar-refractivity contribution in [2.75, 3.05) is 50.6 Å². The second-order valence-electron chi connectivity index (χ2n) is 5.78. The van der Waals surface area contributed by atoms with E-state index >= 15 is 0 Å². The number of carbonyl (C=O) groups is 1. The van der Waals surface area contributed by atoms with Crippen LogP contribution in [0.2, 0.25) is 5.02 Å². The molecule has 7 nitrogen and oxygen atoms in total. The molecule has 138 valence electrons. The predicted octanol–water partition coefficient (Wildman–Crippen LogP) is 3.11. The third kappa shape index (κ3) is 3.94. The molecule has 1 N–H and O–H groups in total. The molecule has 2 aromatic rings. The summed E-state index contributed by atoms with van der Waals surface area (Å²) in [5, 5.41) is 3.30. The number of pyridine rings is 1. The second kappa shape index (κ2) is 8.14. The van der Waals surface area contributed by atoms with Crippen molar-refractivity contribution in [2.45, 2.75) is 0 Å². The fourth-order valence-electron chi connectivity index (χ4n) is 2.83. The zero-order chi connectivity index (χ0) is 18.5. The largest absolute Gasteiger partial charge is 0.495 e. The SMILES string of the molecule is COc1cc(NC(=O)N2CCN(c3ccccn3)CC2)c(OC)cc1Cl. The molecular formula is C18H21ClN4O3. The monoisotopic (exact) mass is 376 g/mol. The molecule has 0 unspecified atom stereocenters. The molecule has 26 heavy (non-hydrogen) atoms. The average Bonchev–Trinajstić information content (AvgIpc) is 2.69. The Kier molecular flexibility index (Phi) is 5.68. The maximum Gasteiger partial charge on any atom is 0.322 e. The summed E-state index contributed by atoms with van der Waals surface area (Å²) >= 11 is 6.10. The van der Waals surface area contributed by atoms with Gasteiger partial charge in [0.2, 0.25) is 0 Å². The van der Waals surface area contributed by atoms with Gasteiger partial charge in [-0.1, -0.05) is 17.7 Å². The van der Waals surface area contributed by atoms with Crippen molar-refractivity contribution in [3.63, 3.8) is 0 Å². The van der Waals surface area contributed by atoms with Gasteiger partial charge in [-0.25, -0.2) is 9.78 Å². The molecule has 0 atom stereocenters. The van der Waals surface area contributed by atoms with Crippen molar-refractivity contribution < 1.29 is 14.3 Å². The van der Waals surface area contributed by atoms with Gasteiger partial charge in [0.1, 0.15) is 17.3 Å². The smallest absolute Gasteiger partial charge is 0.322 e. The highest BCUT2D eigenvalue weighted by atomic mass is 35.5. The number of piperazine rings is 1. The Bertz CT molecular complexity index is 765. The highest BCUT2D eigenvalue weighted by Crippen LogP contribution is 2.36. The molecule has 1 aliphatic rings. The van der Waals surface area contributed by atoms with E-state index in [9.17, 15) is 4.79 Å². The standard InChI is InChI=1S/C18H21ClN4O3/c1-25-15-12-14(16(26-2)11-13(15)19)21-18(24)23-9-7-22(8-10-23)17-5-3-4-6-20-17/h3-6,11-12H,7-10H2,1-2H3,(H,21,24). The van der Waals surface area contributed by atoms with Crippen LogP contribution in [0.4, 0.5) is 16.3 Å². The van der Waals surface area contributed by atoms with Gasteiger partial charge < -0.3 is 24.6 Å². The van der Waals surface area contributed by atoms with E-state index in [-0.39, 0.29) is 6.03 Å². The van der Waals surface area contributed by atoms with Gasteiger partial charge in [-0.3, -0.25) is 0 Å². The molecule has 3 rings (SSSR count). The molecule has 2 heterocycles. The summed E-state index contributed by atoms with van der Waals surface area (Å²) < 4.78 is 10.5. The van der Waals surface area contributed by atoms with Crippen molar-refractivity contribution in [3.8, 4) is 11.5 Å². The van der Waals surface area contributed by atoms with Gasteiger partial charge in [0.05, 0.1) is 24.9 Å². The molecule has 0 radical (unpaired) electrons. The van der Waals surface area contributed by atoms with Crippen LogP contribution >= 0.6 is 11.6 Å². The maximum absolute atomic E-state index is 12.6. The van der Waals surface area contributed by atoms with Crippen LogP contribution < -0.4 is 19.7 Å². The lowest BCUT2D eigenvalue weighted by Gasteiger charge is -2.35. The molecule has 2 amide bonds. The Hall–Kier alpha value is -2.67. The number of amides is 2. The van der Waals surface area contributed by atoms with Gasteiger partial charge in [-0.2, -0.15) is 0 Å². The highest BCUT2D eigenvalue weighted by molar-refractivity contribution is 6.32. The first kappa shape index (κ1) is 18.1. The van der Waals surface area contributed by atoms with Crippen molar-refractivity contribution in [1.29, 1.82) is 0 Å². The number of methoxy groups -OCH3 is 2. The summed E-state index contributed by atoms with van der Waals surface area (Å²) in [5.74, 6) is 1.88. The van der Waals surface area contributed by atoms with Crippen molar-refractivity contribution in [2.24, 2.45) is 0 Å². The summed E-state index contributed by atoms with van der Waals surface area (Å²) in [6, 6.07) is 8.91. The number of ether oxygens (including phenoxy) is 2. The first-order valence-corrected chi connectivity index (χ1v) is 8.63. The van der Waals surface area contributed by atoms with E-state index in [1.54, 1.807) is 23.2 Å². The lowest BCUT2D eigenvalue weighted by Crippen LogP contribution is -2.50. The minimum Gasteiger partial charge on any atom is -0.495 e. The van der Waals surface area contributed by atoms with Crippen LogP contribution in [-0.2, 0) is 0 Å². The molecule has 1 aromatic heterocycles. The van der Waals surface area contributed by atoms with Crippen LogP contribution in [0.1, 0.15) is 0 Å². The Morgan fingerprint density at radius 2 is 1.85 bits per heavy atom. The van der Waals surface area contributed by atoms with E-state index in [1.165, 1.54) is 14.2 Å². The molecule has 1 aliphatic heterocycles. The number of hydrogen-bond donors (Lipinski definition) is 1. The summed E-state index contributed by atoms with van der Waals surface area (Å²) in [4.78, 5) is 20.9. The van der Waals surface area contributed by atoms with Crippen molar-refractivity contribution in [1.82, 2.24) is 9.88 Å². The van der Waals surface area contributed by atoms with Crippen molar-refractivity contribution in [3.05, 3.63) is 41.6 Å². The Morgan fingerprint density at radius 1 is 1.12 bits per heavy atom. The van der Waals surface area contributed by atoms with Gasteiger partial charge in [0.25, 0.3) is 0 Å². The summed E-state index contributed by atoms with van der Waals surface area (Å²) in [6.45, 7) is 2.67. The van der Waals surface area contributed by atoms with E-state index in [2.05, 4.69) is 15.2 Å². The van der Waals surface area contributed by atoms with E-state index in [0.717, 1.165) is 18.9 Å². The average molecular weight is 377 g/mol. The number of aromatic nitrogens is 1. The summed E-state index contributed by atoms with van der Waals surface area (Å²) in [6.07, 6.45) is 1.77. The predicted molar refractivity (Wildman–Crippen MR) is 102 cm³/mol. The molecule has 1 aromatic carbocycles. The number of halogens is 1. The van der Waals surface area contributed by atoms with Crippen molar-refractivity contribution >= 4 is 29.1 Å². The van der Waals surface area contributed by atoms with E-state index < -0.39 is 0 Å². The molecule has 0 saturated carbocycles. The van der Waals surface area contributed by atoms with E-state index in [1.807, 2.05) is 18.2 Å². The van der Waals surface area contributed by atoms with Gasteiger partial charge in [0, 0.05) is 44.5 Å². The lowest BCUT2D eigenvalue weighted by atomic mass is 10.2. The summed E-state index contributed by atoms with van der Waals surface area (Å²) in [5.41, 5.74) is 0.519. The van der Waals surface area contributed by atoms with E-state index in [0.29, 0.717) is 35.3 Å². The molecule has 0 bridgehead atoms. The molecule has 8 heteroatoms. The van der Waals surface area contributed by atoms with Crippen LogP contribution in [0.25, 0.3) is 0 Å². The number of nitrogens with one attached hydrogen (secondary N) is 1. The third-order valence-corrected chi connectivity index (χ3v) is 4.55. The van der Waals surface area contributed by atoms with Gasteiger partial charge >= 0.3 is 6.03 Å². The van der Waals surface area contributed by atoms with Crippen LogP contribution in [0.5, 0.6) is 11.5 Å². The number of benzene rings is 1. The van der Waals surface area contributed by atoms with Gasteiger partial charge in [-0.05, 0) is 12.1 Å². The topological polar surface area (TPSA) is 66.9 Å². The number of nitrogens with zero attached hydrogens (tertiary/aromatic N) is 3. The number of carbonyl (C=O) groups excluding carboxylic acids is 1. The zero-order valence-electron chi connectivity index (χ0n) is 14.7. The molecule has 1 fully saturated rings. The van der Waals surface area contributed by atoms with Gasteiger partial charge in [0.15, 0.2) is 0 Å². The fourth-order valence-corrected chi connectivity index (χ4v) is 3.06. The first-order chi connectivity index (χ1) is 12.6. The molecular weight excluding hydrogens is 356 g/mol. The molecule has 1 saturated heterocycles. The number of anilines is 2.